The third-order valence-corrected chi connectivity index (χ3v) is 4.26. The van der Waals surface area contributed by atoms with E-state index >= 15 is 0 Å². The van der Waals surface area contributed by atoms with Crippen LogP contribution in [0.25, 0.3) is 0 Å². The SMILES string of the molecule is O=S1(=O)CCC(n2cc(CCO)nn2)C1. The van der Waals surface area contributed by atoms with E-state index in [0.29, 0.717) is 18.5 Å². The van der Waals surface area contributed by atoms with Gasteiger partial charge in [-0.05, 0) is 6.42 Å². The Hall–Kier alpha value is -0.950. The van der Waals surface area contributed by atoms with Crippen molar-refractivity contribution in [2.45, 2.75) is 18.9 Å². The molecule has 0 aromatic carbocycles. The van der Waals surface area contributed by atoms with Gasteiger partial charge in [0.25, 0.3) is 0 Å². The molecule has 2 heterocycles. The Morgan fingerprint density at radius 1 is 1.60 bits per heavy atom. The van der Waals surface area contributed by atoms with Crippen molar-refractivity contribution in [3.05, 3.63) is 11.9 Å². The molecule has 0 spiro atoms. The fraction of sp³-hybridized carbons (Fsp3) is 0.750. The maximum absolute atomic E-state index is 11.2. The van der Waals surface area contributed by atoms with Crippen LogP contribution in [0, 0.1) is 0 Å². The van der Waals surface area contributed by atoms with E-state index in [0.717, 1.165) is 0 Å². The van der Waals surface area contributed by atoms with E-state index in [1.165, 1.54) is 0 Å². The summed E-state index contributed by atoms with van der Waals surface area (Å²) in [6.07, 6.45) is 2.77. The maximum atomic E-state index is 11.2. The zero-order chi connectivity index (χ0) is 10.9. The first-order chi connectivity index (χ1) is 7.11. The average molecular weight is 231 g/mol. The molecule has 0 bridgehead atoms. The first kappa shape index (κ1) is 10.6. The minimum atomic E-state index is -2.88. The Balaban J connectivity index is 2.10. The number of rotatable bonds is 3. The maximum Gasteiger partial charge on any atom is 0.152 e. The van der Waals surface area contributed by atoms with Gasteiger partial charge in [-0.2, -0.15) is 0 Å². The van der Waals surface area contributed by atoms with Gasteiger partial charge in [-0.15, -0.1) is 5.10 Å². The molecule has 1 aromatic rings. The molecule has 1 unspecified atom stereocenters. The molecule has 2 rings (SSSR count). The monoisotopic (exact) mass is 231 g/mol. The molecule has 6 nitrogen and oxygen atoms in total. The second-order valence-corrected chi connectivity index (χ2v) is 5.95. The summed E-state index contributed by atoms with van der Waals surface area (Å²) >= 11 is 0. The van der Waals surface area contributed by atoms with Gasteiger partial charge >= 0.3 is 0 Å². The first-order valence-electron chi connectivity index (χ1n) is 4.83. The number of aliphatic hydroxyl groups excluding tert-OH is 1. The smallest absolute Gasteiger partial charge is 0.152 e. The van der Waals surface area contributed by atoms with Gasteiger partial charge in [-0.3, -0.25) is 0 Å². The number of aliphatic hydroxyl groups is 1. The van der Waals surface area contributed by atoms with Crippen LogP contribution in [0.1, 0.15) is 18.2 Å². The van der Waals surface area contributed by atoms with Crippen LogP contribution in [0.3, 0.4) is 0 Å². The molecule has 1 aliphatic heterocycles. The van der Waals surface area contributed by atoms with Crippen LogP contribution in [-0.2, 0) is 16.3 Å². The van der Waals surface area contributed by atoms with Gasteiger partial charge in [-0.1, -0.05) is 5.21 Å². The topological polar surface area (TPSA) is 85.1 Å². The van der Waals surface area contributed by atoms with Gasteiger partial charge in [0, 0.05) is 19.2 Å². The fourth-order valence-electron chi connectivity index (χ4n) is 1.70. The summed E-state index contributed by atoms with van der Waals surface area (Å²) in [6, 6.07) is -0.0880. The normalized spacial score (nSPS) is 24.5. The van der Waals surface area contributed by atoms with Crippen molar-refractivity contribution in [1.29, 1.82) is 0 Å². The van der Waals surface area contributed by atoms with Crippen LogP contribution in [0.5, 0.6) is 0 Å². The summed E-state index contributed by atoms with van der Waals surface area (Å²) in [4.78, 5) is 0. The molecule has 0 radical (unpaired) electrons. The number of nitrogens with zero attached hydrogens (tertiary/aromatic N) is 3. The van der Waals surface area contributed by atoms with Crippen molar-refractivity contribution in [3.63, 3.8) is 0 Å². The Kier molecular flexibility index (Phi) is 2.74. The van der Waals surface area contributed by atoms with Crippen molar-refractivity contribution in [3.8, 4) is 0 Å². The highest BCUT2D eigenvalue weighted by Gasteiger charge is 2.29. The zero-order valence-corrected chi connectivity index (χ0v) is 9.02. The first-order valence-corrected chi connectivity index (χ1v) is 6.65. The summed E-state index contributed by atoms with van der Waals surface area (Å²) in [5.74, 6) is 0.377. The van der Waals surface area contributed by atoms with E-state index in [-0.39, 0.29) is 24.2 Å². The quantitative estimate of drug-likeness (QED) is 0.734. The third kappa shape index (κ3) is 2.35. The van der Waals surface area contributed by atoms with Crippen molar-refractivity contribution in [2.24, 2.45) is 0 Å². The van der Waals surface area contributed by atoms with Gasteiger partial charge < -0.3 is 5.11 Å². The molecule has 7 heteroatoms. The molecular formula is C8H13N3O3S. The number of aromatic nitrogens is 3. The van der Waals surface area contributed by atoms with Crippen molar-refractivity contribution < 1.29 is 13.5 Å². The molecule has 0 aliphatic carbocycles. The minimum absolute atomic E-state index is 0.0294. The Morgan fingerprint density at radius 3 is 3.00 bits per heavy atom. The minimum Gasteiger partial charge on any atom is -0.396 e. The molecule has 1 fully saturated rings. The number of hydrogen-bond acceptors (Lipinski definition) is 5. The van der Waals surface area contributed by atoms with E-state index in [4.69, 9.17) is 5.11 Å². The highest BCUT2D eigenvalue weighted by atomic mass is 32.2. The molecule has 1 aromatic heterocycles. The molecule has 1 N–H and O–H groups in total. The molecule has 1 saturated heterocycles. The predicted octanol–water partition coefficient (Wildman–Crippen LogP) is -0.828. The highest BCUT2D eigenvalue weighted by Crippen LogP contribution is 2.22. The summed E-state index contributed by atoms with van der Waals surface area (Å²) < 4.78 is 24.1. The lowest BCUT2D eigenvalue weighted by molar-refractivity contribution is 0.298. The predicted molar refractivity (Wildman–Crippen MR) is 53.1 cm³/mol. The molecule has 1 aliphatic rings. The van der Waals surface area contributed by atoms with Gasteiger partial charge in [0.15, 0.2) is 9.84 Å². The Morgan fingerprint density at radius 2 is 2.40 bits per heavy atom. The van der Waals surface area contributed by atoms with E-state index < -0.39 is 9.84 Å². The lowest BCUT2D eigenvalue weighted by Gasteiger charge is -2.05. The van der Waals surface area contributed by atoms with Crippen LogP contribution in [0.4, 0.5) is 0 Å². The average Bonchev–Trinajstić information content (AvgIpc) is 2.73. The summed E-state index contributed by atoms with van der Waals surface area (Å²) in [6.45, 7) is 0.0294. The van der Waals surface area contributed by atoms with E-state index in [1.54, 1.807) is 10.9 Å². The summed E-state index contributed by atoms with van der Waals surface area (Å²) in [7, 11) is -2.88. The highest BCUT2D eigenvalue weighted by molar-refractivity contribution is 7.91. The van der Waals surface area contributed by atoms with Gasteiger partial charge in [-0.25, -0.2) is 13.1 Å². The van der Waals surface area contributed by atoms with Crippen LogP contribution in [0.15, 0.2) is 6.20 Å². The molecular weight excluding hydrogens is 218 g/mol. The van der Waals surface area contributed by atoms with Crippen LogP contribution in [-0.4, -0.2) is 46.6 Å². The second kappa shape index (κ2) is 3.90. The number of hydrogen-bond donors (Lipinski definition) is 1. The van der Waals surface area contributed by atoms with E-state index in [2.05, 4.69) is 10.3 Å². The van der Waals surface area contributed by atoms with Crippen LogP contribution in [0.2, 0.25) is 0 Å². The van der Waals surface area contributed by atoms with Crippen LogP contribution < -0.4 is 0 Å². The van der Waals surface area contributed by atoms with Gasteiger partial charge in [0.1, 0.15) is 0 Å². The third-order valence-electron chi connectivity index (χ3n) is 2.51. The molecule has 0 amide bonds. The lowest BCUT2D eigenvalue weighted by atomic mass is 10.3. The molecule has 84 valence electrons. The molecule has 15 heavy (non-hydrogen) atoms. The molecule has 0 saturated carbocycles. The zero-order valence-electron chi connectivity index (χ0n) is 8.20. The molecule has 1 atom stereocenters. The van der Waals surface area contributed by atoms with Crippen LogP contribution >= 0.6 is 0 Å². The summed E-state index contributed by atoms with van der Waals surface area (Å²) in [5, 5.41) is 16.4. The fourth-order valence-corrected chi connectivity index (χ4v) is 3.41. The second-order valence-electron chi connectivity index (χ2n) is 3.72. The number of sulfone groups is 1. The largest absolute Gasteiger partial charge is 0.396 e. The van der Waals surface area contributed by atoms with E-state index in [1.807, 2.05) is 0 Å². The Labute approximate surface area is 87.8 Å². The van der Waals surface area contributed by atoms with Crippen molar-refractivity contribution >= 4 is 9.84 Å². The van der Waals surface area contributed by atoms with Crippen molar-refractivity contribution in [2.75, 3.05) is 18.1 Å². The standard InChI is InChI=1S/C8H13N3O3S/c12-3-1-7-5-11(10-9-7)8-2-4-15(13,14)6-8/h5,8,12H,1-4,6H2. The van der Waals surface area contributed by atoms with Gasteiger partial charge in [0.2, 0.25) is 0 Å². The lowest BCUT2D eigenvalue weighted by Crippen LogP contribution is -2.11. The van der Waals surface area contributed by atoms with Gasteiger partial charge in [0.05, 0.1) is 23.2 Å². The summed E-state index contributed by atoms with van der Waals surface area (Å²) in [5.41, 5.74) is 0.696. The van der Waals surface area contributed by atoms with Crippen molar-refractivity contribution in [1.82, 2.24) is 15.0 Å². The Bertz CT molecular complexity index is 440. The van der Waals surface area contributed by atoms with E-state index in [9.17, 15) is 8.42 Å².